The standard InChI is InChI=1S/C28H38N4O3/c1-20-17-31(18-21-9-10-21)15-16-32(20)19-22-11-13-23(14-12-22)26(33)29-24-7-5-6-8-25(24)30-27(34)35-28(2,3)4/h5-8,11-14,20-21H,9-10,15-19H2,1-4H3,(H,29,33)(H,30,34)/t20-/m0/s1. The van der Waals surface area contributed by atoms with Crippen LogP contribution in [0.15, 0.2) is 48.5 Å². The molecule has 1 saturated heterocycles. The van der Waals surface area contributed by atoms with E-state index in [0.717, 1.165) is 32.1 Å². The zero-order valence-corrected chi connectivity index (χ0v) is 21.3. The van der Waals surface area contributed by atoms with E-state index >= 15 is 0 Å². The summed E-state index contributed by atoms with van der Waals surface area (Å²) >= 11 is 0. The third-order valence-electron chi connectivity index (χ3n) is 6.48. The van der Waals surface area contributed by atoms with E-state index in [-0.39, 0.29) is 5.91 Å². The van der Waals surface area contributed by atoms with E-state index in [9.17, 15) is 9.59 Å². The molecule has 0 unspecified atom stereocenters. The first kappa shape index (κ1) is 25.2. The van der Waals surface area contributed by atoms with Crippen molar-refractivity contribution in [1.29, 1.82) is 0 Å². The molecule has 7 nitrogen and oxygen atoms in total. The van der Waals surface area contributed by atoms with Crippen LogP contribution >= 0.6 is 0 Å². The lowest BCUT2D eigenvalue weighted by atomic mass is 10.1. The number of hydrogen-bond acceptors (Lipinski definition) is 5. The minimum absolute atomic E-state index is 0.225. The van der Waals surface area contributed by atoms with Crippen molar-refractivity contribution in [3.8, 4) is 0 Å². The van der Waals surface area contributed by atoms with Gasteiger partial charge in [-0.2, -0.15) is 0 Å². The van der Waals surface area contributed by atoms with Crippen molar-refractivity contribution in [1.82, 2.24) is 9.80 Å². The Hall–Kier alpha value is -2.90. The van der Waals surface area contributed by atoms with Gasteiger partial charge in [0.1, 0.15) is 5.60 Å². The highest BCUT2D eigenvalue weighted by Gasteiger charge is 2.29. The van der Waals surface area contributed by atoms with Crippen LogP contribution in [0.25, 0.3) is 0 Å². The van der Waals surface area contributed by atoms with Gasteiger partial charge in [-0.1, -0.05) is 24.3 Å². The van der Waals surface area contributed by atoms with E-state index in [1.165, 1.54) is 24.9 Å². The Morgan fingerprint density at radius 1 is 0.971 bits per heavy atom. The molecule has 1 aliphatic carbocycles. The Labute approximate surface area is 208 Å². The van der Waals surface area contributed by atoms with E-state index < -0.39 is 11.7 Å². The average molecular weight is 479 g/mol. The molecule has 0 spiro atoms. The van der Waals surface area contributed by atoms with Crippen LogP contribution in [0.3, 0.4) is 0 Å². The molecule has 0 aromatic heterocycles. The van der Waals surface area contributed by atoms with Crippen molar-refractivity contribution in [2.24, 2.45) is 5.92 Å². The summed E-state index contributed by atoms with van der Waals surface area (Å²) in [6.07, 6.45) is 2.24. The molecular formula is C28H38N4O3. The lowest BCUT2D eigenvalue weighted by Gasteiger charge is -2.40. The summed E-state index contributed by atoms with van der Waals surface area (Å²) in [5, 5.41) is 5.62. The van der Waals surface area contributed by atoms with Crippen molar-refractivity contribution in [3.63, 3.8) is 0 Å². The third kappa shape index (κ3) is 7.54. The number of anilines is 2. The second-order valence-electron chi connectivity index (χ2n) is 10.8. The number of para-hydroxylation sites is 2. The lowest BCUT2D eigenvalue weighted by Crippen LogP contribution is -2.51. The van der Waals surface area contributed by atoms with Gasteiger partial charge in [-0.25, -0.2) is 4.79 Å². The molecule has 1 aliphatic heterocycles. The van der Waals surface area contributed by atoms with E-state index in [0.29, 0.717) is 23.0 Å². The Morgan fingerprint density at radius 3 is 2.23 bits per heavy atom. The van der Waals surface area contributed by atoms with Crippen LogP contribution in [0.1, 0.15) is 56.5 Å². The van der Waals surface area contributed by atoms with Crippen LogP contribution in [0, 0.1) is 5.92 Å². The quantitative estimate of drug-likeness (QED) is 0.572. The van der Waals surface area contributed by atoms with Gasteiger partial charge in [-0.15, -0.1) is 0 Å². The number of benzene rings is 2. The van der Waals surface area contributed by atoms with Gasteiger partial charge in [-0.05, 0) is 76.3 Å². The highest BCUT2D eigenvalue weighted by atomic mass is 16.6. The van der Waals surface area contributed by atoms with Crippen molar-refractivity contribution in [3.05, 3.63) is 59.7 Å². The summed E-state index contributed by atoms with van der Waals surface area (Å²) < 4.78 is 5.33. The number of carbonyl (C=O) groups is 2. The minimum Gasteiger partial charge on any atom is -0.444 e. The van der Waals surface area contributed by atoms with Crippen molar-refractivity contribution in [2.45, 2.75) is 58.7 Å². The molecular weight excluding hydrogens is 440 g/mol. The van der Waals surface area contributed by atoms with Crippen LogP contribution in [0.2, 0.25) is 0 Å². The van der Waals surface area contributed by atoms with Crippen molar-refractivity contribution in [2.75, 3.05) is 36.8 Å². The summed E-state index contributed by atoms with van der Waals surface area (Å²) in [4.78, 5) is 30.2. The minimum atomic E-state index is -0.605. The second-order valence-corrected chi connectivity index (χ2v) is 10.8. The summed E-state index contributed by atoms with van der Waals surface area (Å²) in [5.41, 5.74) is 2.18. The Bertz CT molecular complexity index is 1030. The molecule has 188 valence electrons. The van der Waals surface area contributed by atoms with Gasteiger partial charge >= 0.3 is 6.09 Å². The lowest BCUT2D eigenvalue weighted by molar-refractivity contribution is 0.0635. The molecule has 0 radical (unpaired) electrons. The molecule has 35 heavy (non-hydrogen) atoms. The number of piperazine rings is 1. The first-order valence-electron chi connectivity index (χ1n) is 12.6. The predicted octanol–water partition coefficient (Wildman–Crippen LogP) is 5.20. The van der Waals surface area contributed by atoms with E-state index in [1.807, 2.05) is 30.3 Å². The fourth-order valence-electron chi connectivity index (χ4n) is 4.44. The topological polar surface area (TPSA) is 73.9 Å². The number of nitrogens with zero attached hydrogens (tertiary/aromatic N) is 2. The Morgan fingerprint density at radius 2 is 1.63 bits per heavy atom. The molecule has 2 aliphatic rings. The van der Waals surface area contributed by atoms with Gasteiger partial charge < -0.3 is 15.0 Å². The molecule has 7 heteroatoms. The zero-order valence-electron chi connectivity index (χ0n) is 21.3. The number of ether oxygens (including phenoxy) is 1. The van der Waals surface area contributed by atoms with Gasteiger partial charge in [0.25, 0.3) is 5.91 Å². The first-order chi connectivity index (χ1) is 16.7. The van der Waals surface area contributed by atoms with Gasteiger partial charge in [0.05, 0.1) is 11.4 Å². The summed E-state index contributed by atoms with van der Waals surface area (Å²) in [5.74, 6) is 0.713. The van der Waals surface area contributed by atoms with Crippen molar-refractivity contribution >= 4 is 23.4 Å². The maximum Gasteiger partial charge on any atom is 0.412 e. The summed E-state index contributed by atoms with van der Waals surface area (Å²) in [6, 6.07) is 15.4. The maximum atomic E-state index is 12.9. The normalized spacial score (nSPS) is 19.3. The SMILES string of the molecule is C[C@H]1CN(CC2CC2)CCN1Cc1ccc(C(=O)Nc2ccccc2NC(=O)OC(C)(C)C)cc1. The van der Waals surface area contributed by atoms with Crippen LogP contribution in [-0.4, -0.2) is 59.6 Å². The number of rotatable bonds is 7. The highest BCUT2D eigenvalue weighted by molar-refractivity contribution is 6.06. The van der Waals surface area contributed by atoms with Gasteiger partial charge in [0.2, 0.25) is 0 Å². The first-order valence-corrected chi connectivity index (χ1v) is 12.6. The second kappa shape index (κ2) is 10.8. The monoisotopic (exact) mass is 478 g/mol. The molecule has 1 atom stereocenters. The van der Waals surface area contributed by atoms with Crippen LogP contribution in [-0.2, 0) is 11.3 Å². The smallest absolute Gasteiger partial charge is 0.412 e. The summed E-state index contributed by atoms with van der Waals surface area (Å²) in [7, 11) is 0. The van der Waals surface area contributed by atoms with E-state index in [2.05, 4.69) is 27.4 Å². The molecule has 4 rings (SSSR count). The number of hydrogen-bond donors (Lipinski definition) is 2. The fourth-order valence-corrected chi connectivity index (χ4v) is 4.44. The molecule has 2 amide bonds. The third-order valence-corrected chi connectivity index (χ3v) is 6.48. The van der Waals surface area contributed by atoms with Gasteiger partial charge in [-0.3, -0.25) is 15.0 Å². The van der Waals surface area contributed by atoms with E-state index in [1.54, 1.807) is 39.0 Å². The molecule has 1 saturated carbocycles. The largest absolute Gasteiger partial charge is 0.444 e. The predicted molar refractivity (Wildman–Crippen MR) is 140 cm³/mol. The molecule has 0 bridgehead atoms. The van der Waals surface area contributed by atoms with Crippen LogP contribution in [0.5, 0.6) is 0 Å². The zero-order chi connectivity index (χ0) is 25.0. The molecule has 1 heterocycles. The maximum absolute atomic E-state index is 12.9. The van der Waals surface area contributed by atoms with Gasteiger partial charge in [0, 0.05) is 44.3 Å². The molecule has 2 fully saturated rings. The highest BCUT2D eigenvalue weighted by Crippen LogP contribution is 2.30. The van der Waals surface area contributed by atoms with Crippen LogP contribution in [0.4, 0.5) is 16.2 Å². The van der Waals surface area contributed by atoms with Crippen molar-refractivity contribution < 1.29 is 14.3 Å². The number of nitrogens with one attached hydrogen (secondary N) is 2. The molecule has 2 N–H and O–H groups in total. The average Bonchev–Trinajstić information content (AvgIpc) is 3.60. The van der Waals surface area contributed by atoms with E-state index in [4.69, 9.17) is 4.74 Å². The van der Waals surface area contributed by atoms with Crippen LogP contribution < -0.4 is 10.6 Å². The number of amides is 2. The summed E-state index contributed by atoms with van der Waals surface area (Å²) in [6.45, 7) is 13.2. The molecule has 2 aromatic rings. The van der Waals surface area contributed by atoms with Gasteiger partial charge in [0.15, 0.2) is 0 Å². The Kier molecular flexibility index (Phi) is 7.77. The fraction of sp³-hybridized carbons (Fsp3) is 0.500. The molecule has 2 aromatic carbocycles. The Balaban J connectivity index is 1.32. The number of carbonyl (C=O) groups excluding carboxylic acids is 2.